The number of carbonyl (C=O) groups excluding carboxylic acids is 3. The lowest BCUT2D eigenvalue weighted by Gasteiger charge is -2.20. The molecule has 1 heterocycles. The van der Waals surface area contributed by atoms with Gasteiger partial charge in [-0.25, -0.2) is 0 Å². The number of methoxy groups -OCH3 is 4. The highest BCUT2D eigenvalue weighted by atomic mass is 16.5. The van der Waals surface area contributed by atoms with E-state index in [0.29, 0.717) is 74.8 Å². The van der Waals surface area contributed by atoms with Crippen LogP contribution in [0, 0.1) is 0 Å². The minimum Gasteiger partial charge on any atom is -0.497 e. The molecule has 12 heteroatoms. The number of rotatable bonds is 11. The molecule has 0 unspecified atom stereocenters. The Morgan fingerprint density at radius 1 is 0.918 bits per heavy atom. The largest absolute Gasteiger partial charge is 0.497 e. The van der Waals surface area contributed by atoms with Crippen molar-refractivity contribution in [2.45, 2.75) is 52.1 Å². The first-order valence-electron chi connectivity index (χ1n) is 15.9. The van der Waals surface area contributed by atoms with Gasteiger partial charge >= 0.3 is 0 Å². The SMILES string of the molecule is COc1ccc(-c2oc3c(=O)cc4c(cc3c2CC(=O)NCC(=O)NC(C)C)-c2c(cc(OC)c(OC)c2OC)CC[C@@H]4NC(C)=O)cc1. The van der Waals surface area contributed by atoms with Crippen LogP contribution in [0.3, 0.4) is 0 Å². The molecular weight excluding hydrogens is 630 g/mol. The van der Waals surface area contributed by atoms with Gasteiger partial charge in [0, 0.05) is 35.0 Å². The van der Waals surface area contributed by atoms with Crippen LogP contribution in [-0.2, 0) is 27.2 Å². The van der Waals surface area contributed by atoms with Crippen molar-refractivity contribution in [1.29, 1.82) is 0 Å². The third-order valence-electron chi connectivity index (χ3n) is 8.38. The van der Waals surface area contributed by atoms with E-state index in [0.717, 1.165) is 5.56 Å². The van der Waals surface area contributed by atoms with Crippen LogP contribution in [0.15, 0.2) is 51.7 Å². The van der Waals surface area contributed by atoms with Crippen LogP contribution in [0.5, 0.6) is 23.0 Å². The van der Waals surface area contributed by atoms with E-state index >= 15 is 0 Å². The summed E-state index contributed by atoms with van der Waals surface area (Å²) in [6.07, 6.45) is 0.795. The summed E-state index contributed by atoms with van der Waals surface area (Å²) in [6, 6.07) is 11.6. The Balaban J connectivity index is 1.81. The predicted molar refractivity (Wildman–Crippen MR) is 184 cm³/mol. The lowest BCUT2D eigenvalue weighted by atomic mass is 9.94. The molecule has 5 rings (SSSR count). The van der Waals surface area contributed by atoms with E-state index in [4.69, 9.17) is 23.4 Å². The van der Waals surface area contributed by atoms with Crippen LogP contribution in [-0.4, -0.2) is 58.7 Å². The number of hydrogen-bond acceptors (Lipinski definition) is 9. The van der Waals surface area contributed by atoms with Gasteiger partial charge in [-0.3, -0.25) is 19.2 Å². The first-order valence-corrected chi connectivity index (χ1v) is 15.9. The molecule has 3 amide bonds. The average molecular weight is 672 g/mol. The molecule has 3 aromatic carbocycles. The Hall–Kier alpha value is -5.52. The van der Waals surface area contributed by atoms with E-state index in [1.165, 1.54) is 34.3 Å². The number of carbonyl (C=O) groups is 3. The number of furan rings is 1. The van der Waals surface area contributed by atoms with Crippen LogP contribution in [0.2, 0.25) is 0 Å². The Labute approximate surface area is 284 Å². The summed E-state index contributed by atoms with van der Waals surface area (Å²) < 4.78 is 29.0. The number of fused-ring (bicyclic) bond motifs is 4. The second kappa shape index (κ2) is 14.7. The highest BCUT2D eigenvalue weighted by molar-refractivity contribution is 5.97. The van der Waals surface area contributed by atoms with Crippen molar-refractivity contribution in [3.05, 3.63) is 69.4 Å². The van der Waals surface area contributed by atoms with E-state index < -0.39 is 17.4 Å². The summed E-state index contributed by atoms with van der Waals surface area (Å²) in [5.74, 6) is 1.14. The highest BCUT2D eigenvalue weighted by Gasteiger charge is 2.31. The van der Waals surface area contributed by atoms with Gasteiger partial charge in [0.15, 0.2) is 17.1 Å². The molecule has 0 aliphatic heterocycles. The Kier molecular flexibility index (Phi) is 10.5. The molecule has 0 radical (unpaired) electrons. The second-order valence-electron chi connectivity index (χ2n) is 12.0. The normalized spacial score (nSPS) is 13.5. The van der Waals surface area contributed by atoms with Crippen LogP contribution < -0.4 is 40.3 Å². The number of ether oxygens (including phenoxy) is 4. The van der Waals surface area contributed by atoms with E-state index in [2.05, 4.69) is 16.0 Å². The summed E-state index contributed by atoms with van der Waals surface area (Å²) in [7, 11) is 6.13. The zero-order valence-electron chi connectivity index (χ0n) is 28.7. The van der Waals surface area contributed by atoms with E-state index in [1.807, 2.05) is 26.0 Å². The molecule has 49 heavy (non-hydrogen) atoms. The topological polar surface area (TPSA) is 154 Å². The summed E-state index contributed by atoms with van der Waals surface area (Å²) >= 11 is 0. The summed E-state index contributed by atoms with van der Waals surface area (Å²) in [5, 5.41) is 8.84. The average Bonchev–Trinajstić information content (AvgIpc) is 3.27. The van der Waals surface area contributed by atoms with Gasteiger partial charge in [0.1, 0.15) is 11.5 Å². The second-order valence-corrected chi connectivity index (χ2v) is 12.0. The molecule has 0 saturated heterocycles. The van der Waals surface area contributed by atoms with E-state index in [-0.39, 0.29) is 36.4 Å². The van der Waals surface area contributed by atoms with Crippen molar-refractivity contribution >= 4 is 28.7 Å². The molecule has 1 aliphatic rings. The standard InChI is InChI=1S/C37H41N3O9/c1-19(2)39-32(44)18-38-31(43)17-27-26-15-25-24(16-29(42)35(26)49-34(27)21-8-11-23(45-4)12-9-21)28(40-20(3)41)13-10-22-14-30(46-5)36(47-6)37(48-7)33(22)25/h8-9,11-12,14-16,19,28H,10,13,17-18H2,1-7H3,(H,38,43)(H,39,44)(H,40,41)/t28-/m0/s1. The fraction of sp³-hybridized carbons (Fsp3) is 0.351. The van der Waals surface area contributed by atoms with Crippen LogP contribution >= 0.6 is 0 Å². The van der Waals surface area contributed by atoms with Gasteiger partial charge in [-0.05, 0) is 85.8 Å². The number of benzene rings is 2. The minimum atomic E-state index is -0.530. The van der Waals surface area contributed by atoms with Gasteiger partial charge in [0.2, 0.25) is 28.9 Å². The molecule has 1 atom stereocenters. The molecule has 258 valence electrons. The quantitative estimate of drug-likeness (QED) is 0.210. The summed E-state index contributed by atoms with van der Waals surface area (Å²) in [5.41, 5.74) is 3.32. The maximum absolute atomic E-state index is 14.1. The molecule has 0 bridgehead atoms. The van der Waals surface area contributed by atoms with Crippen molar-refractivity contribution < 1.29 is 37.7 Å². The van der Waals surface area contributed by atoms with E-state index in [1.54, 1.807) is 31.4 Å². The van der Waals surface area contributed by atoms with Crippen LogP contribution in [0.25, 0.3) is 33.4 Å². The third kappa shape index (κ3) is 7.18. The number of amides is 3. The molecule has 1 aromatic heterocycles. The molecule has 0 spiro atoms. The van der Waals surface area contributed by atoms with E-state index in [9.17, 15) is 19.2 Å². The summed E-state index contributed by atoms with van der Waals surface area (Å²) in [4.78, 5) is 52.3. The maximum Gasteiger partial charge on any atom is 0.239 e. The maximum atomic E-state index is 14.1. The first-order chi connectivity index (χ1) is 23.5. The van der Waals surface area contributed by atoms with Crippen molar-refractivity contribution in [3.63, 3.8) is 0 Å². The molecule has 0 saturated carbocycles. The third-order valence-corrected chi connectivity index (χ3v) is 8.38. The number of nitrogens with one attached hydrogen (secondary N) is 3. The number of aryl methyl sites for hydroxylation is 1. The Morgan fingerprint density at radius 3 is 2.24 bits per heavy atom. The molecule has 3 N–H and O–H groups in total. The lowest BCUT2D eigenvalue weighted by molar-refractivity contribution is -0.126. The molecule has 4 aromatic rings. The summed E-state index contributed by atoms with van der Waals surface area (Å²) in [6.45, 7) is 4.87. The zero-order chi connectivity index (χ0) is 35.4. The van der Waals surface area contributed by atoms with Gasteiger partial charge in [0.25, 0.3) is 0 Å². The van der Waals surface area contributed by atoms with Crippen LogP contribution in [0.1, 0.15) is 49.9 Å². The fourth-order valence-electron chi connectivity index (χ4n) is 6.31. The van der Waals surface area contributed by atoms with Gasteiger partial charge < -0.3 is 39.3 Å². The predicted octanol–water partition coefficient (Wildman–Crippen LogP) is 4.47. The highest BCUT2D eigenvalue weighted by Crippen LogP contribution is 2.51. The zero-order valence-corrected chi connectivity index (χ0v) is 28.7. The van der Waals surface area contributed by atoms with Crippen molar-refractivity contribution in [3.8, 4) is 45.4 Å². The van der Waals surface area contributed by atoms with Crippen molar-refractivity contribution in [2.24, 2.45) is 0 Å². The van der Waals surface area contributed by atoms with Gasteiger partial charge in [-0.15, -0.1) is 0 Å². The molecule has 1 aliphatic carbocycles. The number of hydrogen-bond donors (Lipinski definition) is 3. The Bertz CT molecular complexity index is 1970. The van der Waals surface area contributed by atoms with Gasteiger partial charge in [-0.1, -0.05) is 0 Å². The minimum absolute atomic E-state index is 0.0295. The lowest BCUT2D eigenvalue weighted by Crippen LogP contribution is -2.40. The van der Waals surface area contributed by atoms with Gasteiger partial charge in [-0.2, -0.15) is 0 Å². The molecular formula is C37H41N3O9. The van der Waals surface area contributed by atoms with Crippen molar-refractivity contribution in [2.75, 3.05) is 35.0 Å². The monoisotopic (exact) mass is 671 g/mol. The fourth-order valence-corrected chi connectivity index (χ4v) is 6.31. The van der Waals surface area contributed by atoms with Crippen LogP contribution in [0.4, 0.5) is 0 Å². The first kappa shape index (κ1) is 34.8. The smallest absolute Gasteiger partial charge is 0.239 e. The Morgan fingerprint density at radius 2 is 1.63 bits per heavy atom. The molecule has 0 fully saturated rings. The van der Waals surface area contributed by atoms with Crippen molar-refractivity contribution in [1.82, 2.24) is 16.0 Å². The molecule has 12 nitrogen and oxygen atoms in total. The van der Waals surface area contributed by atoms with Gasteiger partial charge in [0.05, 0.1) is 47.4 Å².